The molecule has 0 aromatic carbocycles. The predicted molar refractivity (Wildman–Crippen MR) is 77.8 cm³/mol. The molecule has 20 heavy (non-hydrogen) atoms. The van der Waals surface area contributed by atoms with Gasteiger partial charge < -0.3 is 10.6 Å². The summed E-state index contributed by atoms with van der Waals surface area (Å²) < 4.78 is 3.22. The molecule has 2 rings (SSSR count). The molecule has 7 heteroatoms. The van der Waals surface area contributed by atoms with Gasteiger partial charge in [0.1, 0.15) is 0 Å². The van der Waals surface area contributed by atoms with Gasteiger partial charge in [0.05, 0.1) is 18.1 Å². The molecule has 0 aliphatic rings. The molecule has 0 bridgehead atoms. The summed E-state index contributed by atoms with van der Waals surface area (Å²) in [4.78, 5) is 11.9. The minimum absolute atomic E-state index is 0.0941. The zero-order chi connectivity index (χ0) is 14.4. The van der Waals surface area contributed by atoms with Gasteiger partial charge in [-0.1, -0.05) is 0 Å². The Hall–Kier alpha value is -2.15. The minimum atomic E-state index is -0.0941. The maximum atomic E-state index is 11.9. The fourth-order valence-electron chi connectivity index (χ4n) is 1.87. The molecule has 0 saturated carbocycles. The summed E-state index contributed by atoms with van der Waals surface area (Å²) in [5, 5.41) is 14.4. The van der Waals surface area contributed by atoms with Gasteiger partial charge in [0.2, 0.25) is 0 Å². The van der Waals surface area contributed by atoms with Crippen molar-refractivity contribution in [3.63, 3.8) is 0 Å². The first-order valence-corrected chi connectivity index (χ1v) is 6.62. The lowest BCUT2D eigenvalue weighted by molar-refractivity contribution is 0.578. The standard InChI is InChI=1S/C13H20N6O/c1-14-4-5-15-12-7-13(20)19(17-9-12)6-3-11-8-16-18(2)10-11/h7-10,14-15H,3-6H2,1-2H3. The second-order valence-corrected chi connectivity index (χ2v) is 4.61. The van der Waals surface area contributed by atoms with Gasteiger partial charge in [0, 0.05) is 38.9 Å². The van der Waals surface area contributed by atoms with Crippen LogP contribution in [0.1, 0.15) is 5.56 Å². The molecule has 0 fully saturated rings. The van der Waals surface area contributed by atoms with E-state index in [1.54, 1.807) is 23.1 Å². The summed E-state index contributed by atoms with van der Waals surface area (Å²) in [6.45, 7) is 2.16. The summed E-state index contributed by atoms with van der Waals surface area (Å²) in [6, 6.07) is 1.58. The lowest BCUT2D eigenvalue weighted by Gasteiger charge is -2.07. The van der Waals surface area contributed by atoms with Crippen molar-refractivity contribution < 1.29 is 0 Å². The summed E-state index contributed by atoms with van der Waals surface area (Å²) in [5.74, 6) is 0. The minimum Gasteiger partial charge on any atom is -0.382 e. The van der Waals surface area contributed by atoms with Crippen LogP contribution in [0.5, 0.6) is 0 Å². The van der Waals surface area contributed by atoms with Gasteiger partial charge in [-0.3, -0.25) is 9.48 Å². The Morgan fingerprint density at radius 2 is 2.10 bits per heavy atom. The van der Waals surface area contributed by atoms with E-state index in [0.29, 0.717) is 6.54 Å². The number of hydrogen-bond donors (Lipinski definition) is 2. The zero-order valence-corrected chi connectivity index (χ0v) is 11.8. The van der Waals surface area contributed by atoms with E-state index >= 15 is 0 Å². The smallest absolute Gasteiger partial charge is 0.268 e. The van der Waals surface area contributed by atoms with Crippen LogP contribution in [-0.2, 0) is 20.0 Å². The first-order chi connectivity index (χ1) is 9.69. The maximum Gasteiger partial charge on any atom is 0.268 e. The van der Waals surface area contributed by atoms with Crippen LogP contribution >= 0.6 is 0 Å². The number of aryl methyl sites for hydroxylation is 3. The highest BCUT2D eigenvalue weighted by Gasteiger charge is 2.02. The number of nitrogens with one attached hydrogen (secondary N) is 2. The van der Waals surface area contributed by atoms with E-state index in [1.807, 2.05) is 20.3 Å². The molecule has 108 valence electrons. The van der Waals surface area contributed by atoms with Gasteiger partial charge in [-0.15, -0.1) is 0 Å². The fraction of sp³-hybridized carbons (Fsp3) is 0.462. The largest absolute Gasteiger partial charge is 0.382 e. The van der Waals surface area contributed by atoms with E-state index in [2.05, 4.69) is 20.8 Å². The molecule has 0 aliphatic carbocycles. The van der Waals surface area contributed by atoms with E-state index in [0.717, 1.165) is 30.8 Å². The van der Waals surface area contributed by atoms with Crippen molar-refractivity contribution in [3.8, 4) is 0 Å². The molecule has 0 unspecified atom stereocenters. The molecular weight excluding hydrogens is 256 g/mol. The van der Waals surface area contributed by atoms with Crippen LogP contribution in [-0.4, -0.2) is 39.7 Å². The monoisotopic (exact) mass is 276 g/mol. The van der Waals surface area contributed by atoms with Crippen LogP contribution in [0, 0.1) is 0 Å². The van der Waals surface area contributed by atoms with Gasteiger partial charge in [0.15, 0.2) is 0 Å². The van der Waals surface area contributed by atoms with Crippen LogP contribution in [0.2, 0.25) is 0 Å². The third-order valence-electron chi connectivity index (χ3n) is 2.94. The quantitative estimate of drug-likeness (QED) is 0.688. The van der Waals surface area contributed by atoms with E-state index in [9.17, 15) is 4.79 Å². The molecule has 0 spiro atoms. The van der Waals surface area contributed by atoms with E-state index < -0.39 is 0 Å². The van der Waals surface area contributed by atoms with Gasteiger partial charge in [-0.25, -0.2) is 4.68 Å². The Morgan fingerprint density at radius 1 is 1.25 bits per heavy atom. The fourth-order valence-corrected chi connectivity index (χ4v) is 1.87. The number of nitrogens with zero attached hydrogens (tertiary/aromatic N) is 4. The lowest BCUT2D eigenvalue weighted by atomic mass is 10.2. The molecule has 0 aliphatic heterocycles. The van der Waals surface area contributed by atoms with Gasteiger partial charge in [-0.2, -0.15) is 10.2 Å². The van der Waals surface area contributed by atoms with Crippen LogP contribution in [0.15, 0.2) is 29.5 Å². The van der Waals surface area contributed by atoms with Crippen molar-refractivity contribution in [2.24, 2.45) is 7.05 Å². The van der Waals surface area contributed by atoms with Gasteiger partial charge >= 0.3 is 0 Å². The molecule has 0 saturated heterocycles. The highest BCUT2D eigenvalue weighted by Crippen LogP contribution is 2.01. The van der Waals surface area contributed by atoms with Crippen LogP contribution in [0.25, 0.3) is 0 Å². The predicted octanol–water partition coefficient (Wildman–Crippen LogP) is -0.149. The summed E-state index contributed by atoms with van der Waals surface area (Å²) in [5.41, 5.74) is 1.75. The number of rotatable bonds is 7. The Labute approximate surface area is 117 Å². The topological polar surface area (TPSA) is 76.8 Å². The third kappa shape index (κ3) is 3.92. The average molecular weight is 276 g/mol. The van der Waals surface area contributed by atoms with E-state index in [4.69, 9.17) is 0 Å². The van der Waals surface area contributed by atoms with E-state index in [1.165, 1.54) is 4.68 Å². The van der Waals surface area contributed by atoms with Crippen molar-refractivity contribution in [3.05, 3.63) is 40.6 Å². The Balaban J connectivity index is 1.93. The van der Waals surface area contributed by atoms with Crippen LogP contribution in [0.4, 0.5) is 5.69 Å². The Kier molecular flexibility index (Phi) is 4.89. The number of anilines is 1. The summed E-state index contributed by atoms with van der Waals surface area (Å²) >= 11 is 0. The molecule has 0 atom stereocenters. The van der Waals surface area contributed by atoms with E-state index in [-0.39, 0.29) is 5.56 Å². The molecule has 2 aromatic rings. The highest BCUT2D eigenvalue weighted by molar-refractivity contribution is 5.38. The van der Waals surface area contributed by atoms with Crippen LogP contribution < -0.4 is 16.2 Å². The third-order valence-corrected chi connectivity index (χ3v) is 2.94. The van der Waals surface area contributed by atoms with Gasteiger partial charge in [0.25, 0.3) is 5.56 Å². The number of aromatic nitrogens is 4. The number of hydrogen-bond acceptors (Lipinski definition) is 5. The first-order valence-electron chi connectivity index (χ1n) is 6.62. The molecule has 0 amide bonds. The molecule has 7 nitrogen and oxygen atoms in total. The highest BCUT2D eigenvalue weighted by atomic mass is 16.1. The molecule has 0 radical (unpaired) electrons. The van der Waals surface area contributed by atoms with Crippen molar-refractivity contribution in [1.82, 2.24) is 24.9 Å². The van der Waals surface area contributed by atoms with Crippen molar-refractivity contribution in [2.75, 3.05) is 25.5 Å². The lowest BCUT2D eigenvalue weighted by Crippen LogP contribution is -2.24. The number of likely N-dealkylation sites (N-methyl/N-ethyl adjacent to an activating group) is 1. The van der Waals surface area contributed by atoms with Crippen LogP contribution in [0.3, 0.4) is 0 Å². The Bertz CT molecular complexity index is 603. The molecular formula is C13H20N6O. The van der Waals surface area contributed by atoms with Crippen molar-refractivity contribution in [2.45, 2.75) is 13.0 Å². The van der Waals surface area contributed by atoms with Crippen molar-refractivity contribution >= 4 is 5.69 Å². The Morgan fingerprint density at radius 3 is 2.75 bits per heavy atom. The molecule has 2 heterocycles. The zero-order valence-electron chi connectivity index (χ0n) is 11.8. The second kappa shape index (κ2) is 6.85. The first kappa shape index (κ1) is 14.3. The maximum absolute atomic E-state index is 11.9. The van der Waals surface area contributed by atoms with Gasteiger partial charge in [-0.05, 0) is 19.0 Å². The summed E-state index contributed by atoms with van der Waals surface area (Å²) in [7, 11) is 3.76. The second-order valence-electron chi connectivity index (χ2n) is 4.61. The SMILES string of the molecule is CNCCNc1cnn(CCc2cnn(C)c2)c(=O)c1. The average Bonchev–Trinajstić information content (AvgIpc) is 2.84. The van der Waals surface area contributed by atoms with Crippen molar-refractivity contribution in [1.29, 1.82) is 0 Å². The molecule has 2 aromatic heterocycles. The normalized spacial score (nSPS) is 10.7. The summed E-state index contributed by atoms with van der Waals surface area (Å²) in [6.07, 6.45) is 6.17. The molecule has 2 N–H and O–H groups in total.